The van der Waals surface area contributed by atoms with Crippen molar-refractivity contribution in [3.8, 4) is 11.5 Å². The highest BCUT2D eigenvalue weighted by molar-refractivity contribution is 8.01. The van der Waals surface area contributed by atoms with Gasteiger partial charge in [0.1, 0.15) is 11.5 Å². The molecule has 1 saturated heterocycles. The van der Waals surface area contributed by atoms with Gasteiger partial charge in [-0.3, -0.25) is 4.79 Å². The summed E-state index contributed by atoms with van der Waals surface area (Å²) >= 11 is 2.00. The Hall–Kier alpha value is -1.36. The van der Waals surface area contributed by atoms with Gasteiger partial charge in [-0.25, -0.2) is 0 Å². The number of nitrogens with zero attached hydrogens (tertiary/aromatic N) is 1. The van der Waals surface area contributed by atoms with Crippen molar-refractivity contribution in [3.63, 3.8) is 0 Å². The van der Waals surface area contributed by atoms with Crippen LogP contribution in [0.15, 0.2) is 18.2 Å². The van der Waals surface area contributed by atoms with Gasteiger partial charge in [-0.2, -0.15) is 0 Å². The van der Waals surface area contributed by atoms with E-state index in [-0.39, 0.29) is 6.04 Å². The molecule has 4 saturated carbocycles. The van der Waals surface area contributed by atoms with E-state index in [2.05, 4.69) is 4.90 Å². The number of ether oxygens (including phenoxy) is 2. The fraction of sp³-hybridized carbons (Fsp3) is 0.708. The van der Waals surface area contributed by atoms with Crippen LogP contribution in [0.3, 0.4) is 0 Å². The lowest BCUT2D eigenvalue weighted by molar-refractivity contribution is -0.129. The Labute approximate surface area is 178 Å². The number of carbonyl (C=O) groups is 1. The fourth-order valence-corrected chi connectivity index (χ4v) is 8.65. The highest BCUT2D eigenvalue weighted by Crippen LogP contribution is 2.60. The van der Waals surface area contributed by atoms with Crippen LogP contribution in [0, 0.1) is 17.8 Å². The Morgan fingerprint density at radius 3 is 2.41 bits per heavy atom. The summed E-state index contributed by atoms with van der Waals surface area (Å²) in [5.74, 6) is 5.42. The smallest absolute Gasteiger partial charge is 0.233 e. The number of likely N-dealkylation sites (tertiary alicyclic amines) is 1. The number of carbonyl (C=O) groups excluding carboxylic acids is 1. The zero-order valence-electron chi connectivity index (χ0n) is 17.7. The first-order valence-electron chi connectivity index (χ1n) is 11.2. The molecule has 6 rings (SSSR count). The molecular formula is C24H33NO3S. The minimum absolute atomic E-state index is 0.101. The summed E-state index contributed by atoms with van der Waals surface area (Å²) in [7, 11) is 3.39. The van der Waals surface area contributed by atoms with E-state index < -0.39 is 0 Å². The molecule has 0 spiro atoms. The third kappa shape index (κ3) is 3.64. The van der Waals surface area contributed by atoms with Crippen molar-refractivity contribution in [2.75, 3.05) is 26.5 Å². The van der Waals surface area contributed by atoms with Gasteiger partial charge < -0.3 is 14.4 Å². The molecule has 158 valence electrons. The van der Waals surface area contributed by atoms with Crippen molar-refractivity contribution in [1.82, 2.24) is 4.90 Å². The van der Waals surface area contributed by atoms with Gasteiger partial charge in [-0.15, -0.1) is 11.8 Å². The van der Waals surface area contributed by atoms with Crippen LogP contribution in [0.5, 0.6) is 11.5 Å². The fourth-order valence-electron chi connectivity index (χ4n) is 6.99. The van der Waals surface area contributed by atoms with Crippen LogP contribution in [-0.4, -0.2) is 42.1 Å². The van der Waals surface area contributed by atoms with E-state index in [0.717, 1.165) is 54.2 Å². The molecule has 4 nitrogen and oxygen atoms in total. The zero-order valence-corrected chi connectivity index (χ0v) is 18.5. The second kappa shape index (κ2) is 7.72. The average Bonchev–Trinajstić information content (AvgIpc) is 3.20. The Morgan fingerprint density at radius 2 is 1.79 bits per heavy atom. The van der Waals surface area contributed by atoms with E-state index in [1.54, 1.807) is 14.2 Å². The molecule has 4 bridgehead atoms. The SMILES string of the molecule is COc1ccc(OC)c([C@@H]2CCCN2C(=O)CSC23CC4CC(CC(C4)C2)C3)c1. The molecule has 5 fully saturated rings. The van der Waals surface area contributed by atoms with Gasteiger partial charge in [0.15, 0.2) is 0 Å². The maximum atomic E-state index is 13.3. The highest BCUT2D eigenvalue weighted by Gasteiger charge is 2.51. The van der Waals surface area contributed by atoms with Crippen molar-refractivity contribution in [3.05, 3.63) is 23.8 Å². The Morgan fingerprint density at radius 1 is 1.10 bits per heavy atom. The second-order valence-corrected chi connectivity index (χ2v) is 11.2. The van der Waals surface area contributed by atoms with Gasteiger partial charge in [-0.05, 0) is 87.3 Å². The van der Waals surface area contributed by atoms with Crippen LogP contribution in [0.25, 0.3) is 0 Å². The zero-order chi connectivity index (χ0) is 20.0. The third-order valence-corrected chi connectivity index (χ3v) is 9.36. The summed E-state index contributed by atoms with van der Waals surface area (Å²) in [4.78, 5) is 15.4. The molecule has 4 aliphatic carbocycles. The molecule has 1 heterocycles. The van der Waals surface area contributed by atoms with Crippen LogP contribution in [-0.2, 0) is 4.79 Å². The van der Waals surface area contributed by atoms with E-state index in [9.17, 15) is 4.79 Å². The maximum Gasteiger partial charge on any atom is 0.233 e. The van der Waals surface area contributed by atoms with Gasteiger partial charge in [0.2, 0.25) is 5.91 Å². The minimum Gasteiger partial charge on any atom is -0.497 e. The Kier molecular flexibility index (Phi) is 5.21. The first-order valence-corrected chi connectivity index (χ1v) is 12.2. The van der Waals surface area contributed by atoms with Crippen LogP contribution < -0.4 is 9.47 Å². The molecule has 5 heteroatoms. The molecule has 0 unspecified atom stereocenters. The molecule has 1 aliphatic heterocycles. The first kappa shape index (κ1) is 19.6. The highest BCUT2D eigenvalue weighted by atomic mass is 32.2. The molecule has 0 aromatic heterocycles. The number of amides is 1. The lowest BCUT2D eigenvalue weighted by atomic mass is 9.56. The maximum absolute atomic E-state index is 13.3. The number of hydrogen-bond acceptors (Lipinski definition) is 4. The number of hydrogen-bond donors (Lipinski definition) is 0. The van der Waals surface area contributed by atoms with Crippen molar-refractivity contribution >= 4 is 17.7 Å². The summed E-state index contributed by atoms with van der Waals surface area (Å²) in [5.41, 5.74) is 1.08. The van der Waals surface area contributed by atoms with Crippen molar-refractivity contribution in [2.24, 2.45) is 17.8 Å². The van der Waals surface area contributed by atoms with Gasteiger partial charge in [0.25, 0.3) is 0 Å². The van der Waals surface area contributed by atoms with Crippen molar-refractivity contribution in [2.45, 2.75) is 62.2 Å². The summed E-state index contributed by atoms with van der Waals surface area (Å²) in [5, 5.41) is 0. The average molecular weight is 416 g/mol. The summed E-state index contributed by atoms with van der Waals surface area (Å²) < 4.78 is 11.4. The standard InChI is InChI=1S/C24H33NO3S/c1-27-19-5-6-22(28-2)20(11-19)21-4-3-7-25(21)23(26)15-29-24-12-16-8-17(13-24)10-18(9-16)14-24/h5-6,11,16-18,21H,3-4,7-10,12-15H2,1-2H3/t16?,17?,18?,21-,24?/m0/s1. The molecule has 1 aromatic rings. The molecule has 1 atom stereocenters. The number of benzene rings is 1. The van der Waals surface area contributed by atoms with E-state index in [1.807, 2.05) is 30.0 Å². The first-order chi connectivity index (χ1) is 14.1. The lowest BCUT2D eigenvalue weighted by Gasteiger charge is -2.56. The monoisotopic (exact) mass is 415 g/mol. The van der Waals surface area contributed by atoms with Crippen LogP contribution in [0.2, 0.25) is 0 Å². The topological polar surface area (TPSA) is 38.8 Å². The van der Waals surface area contributed by atoms with E-state index >= 15 is 0 Å². The van der Waals surface area contributed by atoms with E-state index in [0.29, 0.717) is 16.4 Å². The Balaban J connectivity index is 1.29. The molecule has 1 aromatic carbocycles. The van der Waals surface area contributed by atoms with Crippen molar-refractivity contribution in [1.29, 1.82) is 0 Å². The third-order valence-electron chi connectivity index (χ3n) is 7.85. The molecule has 29 heavy (non-hydrogen) atoms. The van der Waals surface area contributed by atoms with Gasteiger partial charge in [0, 0.05) is 16.9 Å². The molecule has 5 aliphatic rings. The molecule has 0 radical (unpaired) electrons. The van der Waals surface area contributed by atoms with Crippen LogP contribution in [0.1, 0.15) is 63.0 Å². The van der Waals surface area contributed by atoms with Crippen molar-refractivity contribution < 1.29 is 14.3 Å². The number of thioether (sulfide) groups is 1. The minimum atomic E-state index is 0.101. The molecule has 0 N–H and O–H groups in total. The predicted octanol–water partition coefficient (Wildman–Crippen LogP) is 5.07. The number of methoxy groups -OCH3 is 2. The lowest BCUT2D eigenvalue weighted by Crippen LogP contribution is -2.49. The van der Waals surface area contributed by atoms with Crippen LogP contribution in [0.4, 0.5) is 0 Å². The largest absolute Gasteiger partial charge is 0.497 e. The van der Waals surface area contributed by atoms with E-state index in [4.69, 9.17) is 9.47 Å². The molecular weight excluding hydrogens is 382 g/mol. The summed E-state index contributed by atoms with van der Waals surface area (Å²) in [6, 6.07) is 6.03. The summed E-state index contributed by atoms with van der Waals surface area (Å²) in [6.07, 6.45) is 10.5. The predicted molar refractivity (Wildman–Crippen MR) is 117 cm³/mol. The normalized spacial score (nSPS) is 35.2. The molecule has 1 amide bonds. The second-order valence-electron chi connectivity index (χ2n) is 9.74. The van der Waals surface area contributed by atoms with Gasteiger partial charge in [-0.1, -0.05) is 0 Å². The van der Waals surface area contributed by atoms with Gasteiger partial charge >= 0.3 is 0 Å². The summed E-state index contributed by atoms with van der Waals surface area (Å²) in [6.45, 7) is 0.852. The number of rotatable bonds is 6. The van der Waals surface area contributed by atoms with E-state index in [1.165, 1.54) is 38.5 Å². The van der Waals surface area contributed by atoms with Crippen LogP contribution >= 0.6 is 11.8 Å². The Bertz CT molecular complexity index is 744. The quantitative estimate of drug-likeness (QED) is 0.650. The van der Waals surface area contributed by atoms with Gasteiger partial charge in [0.05, 0.1) is 26.0 Å².